The van der Waals surface area contributed by atoms with Gasteiger partial charge in [-0.15, -0.1) is 0 Å². The van der Waals surface area contributed by atoms with Gasteiger partial charge in [0, 0.05) is 0 Å². The summed E-state index contributed by atoms with van der Waals surface area (Å²) < 4.78 is 6.53. The van der Waals surface area contributed by atoms with Crippen LogP contribution in [0.4, 0.5) is 0 Å². The molecule has 0 aliphatic heterocycles. The molecule has 1 heteroatoms. The van der Waals surface area contributed by atoms with Crippen molar-refractivity contribution in [2.45, 2.75) is 26.2 Å². The maximum atomic E-state index is 9.95. The van der Waals surface area contributed by atoms with Crippen LogP contribution in [-0.2, 0) is 5.11 Å². The van der Waals surface area contributed by atoms with Crippen LogP contribution in [0.3, 0.4) is 0 Å². The van der Waals surface area contributed by atoms with Gasteiger partial charge in [-0.05, 0) is 6.42 Å². The van der Waals surface area contributed by atoms with Crippen LogP contribution in [0.15, 0.2) is 0 Å². The second kappa shape index (κ2) is 4.96. The van der Waals surface area contributed by atoms with Crippen molar-refractivity contribution in [2.24, 2.45) is 0 Å². The average Bonchev–Trinajstić information content (AvgIpc) is 1.61. The van der Waals surface area contributed by atoms with Gasteiger partial charge in [-0.25, -0.2) is 5.11 Å². The first-order valence-electron chi connectivity index (χ1n) is 2.93. The Morgan fingerprint density at radius 3 is 2.50 bits per heavy atom. The summed E-state index contributed by atoms with van der Waals surface area (Å²) >= 11 is 0. The van der Waals surface area contributed by atoms with Crippen molar-refractivity contribution in [3.05, 3.63) is 0 Å². The Morgan fingerprint density at radius 1 is 1.67 bits per heavy atom. The van der Waals surface area contributed by atoms with Gasteiger partial charge in [0.25, 0.3) is 0 Å². The van der Waals surface area contributed by atoms with Crippen molar-refractivity contribution in [1.82, 2.24) is 0 Å². The highest BCUT2D eigenvalue weighted by molar-refractivity contribution is 4.30. The predicted molar refractivity (Wildman–Crippen MR) is 25.1 cm³/mol. The molecule has 1 nitrogen and oxygen atoms in total. The van der Waals surface area contributed by atoms with Crippen LogP contribution in [0.25, 0.3) is 0 Å². The Balaban J connectivity index is 2.68. The molecule has 0 heterocycles. The van der Waals surface area contributed by atoms with Crippen molar-refractivity contribution in [3.8, 4) is 0 Å². The standard InChI is InChI=1S/C5H11O/c1-2-3-4-5-6/h2-5H2,1H3/i5D. The largest absolute Gasteiger partial charge is 0.237 e. The Kier molecular flexibility index (Phi) is 3.41. The molecule has 0 amide bonds. The minimum absolute atomic E-state index is 0.510. The van der Waals surface area contributed by atoms with Crippen LogP contribution in [0, 0.1) is 0 Å². The maximum Gasteiger partial charge on any atom is 0.0822 e. The smallest absolute Gasteiger partial charge is 0.0822 e. The molecule has 37 valence electrons. The second-order valence-electron chi connectivity index (χ2n) is 1.31. The fourth-order valence-electron chi connectivity index (χ4n) is 0.287. The molecule has 0 N–H and O–H groups in total. The van der Waals surface area contributed by atoms with Crippen molar-refractivity contribution in [3.63, 3.8) is 0 Å². The van der Waals surface area contributed by atoms with Gasteiger partial charge in [0.2, 0.25) is 0 Å². The van der Waals surface area contributed by atoms with Gasteiger partial charge in [0.1, 0.15) is 0 Å². The van der Waals surface area contributed by atoms with Gasteiger partial charge in [0.15, 0.2) is 0 Å². The summed E-state index contributed by atoms with van der Waals surface area (Å²) in [6, 6.07) is 0. The summed E-state index contributed by atoms with van der Waals surface area (Å²) in [4.78, 5) is 0. The Bertz CT molecular complexity index is 37.1. The van der Waals surface area contributed by atoms with Gasteiger partial charge >= 0.3 is 0 Å². The molecule has 0 aromatic heterocycles. The quantitative estimate of drug-likeness (QED) is 0.499. The van der Waals surface area contributed by atoms with Crippen LogP contribution in [0.1, 0.15) is 27.6 Å². The van der Waals surface area contributed by atoms with Gasteiger partial charge in [0.05, 0.1) is 7.95 Å². The molecule has 6 heavy (non-hydrogen) atoms. The molecule has 0 aromatic rings. The third kappa shape index (κ3) is 3.96. The molecule has 0 spiro atoms. The summed E-state index contributed by atoms with van der Waals surface area (Å²) in [5, 5.41) is 9.95. The fourth-order valence-corrected chi connectivity index (χ4v) is 0.287. The summed E-state index contributed by atoms with van der Waals surface area (Å²) in [6.45, 7) is 0.919. The number of hydrogen-bond donors (Lipinski definition) is 0. The fraction of sp³-hybridized carbons (Fsp3) is 1.00. The Morgan fingerprint density at radius 2 is 2.33 bits per heavy atom. The average molecular weight is 88.1 g/mol. The summed E-state index contributed by atoms with van der Waals surface area (Å²) in [6.07, 6.45) is 2.44. The van der Waals surface area contributed by atoms with E-state index in [0.717, 1.165) is 12.8 Å². The molecule has 0 aliphatic carbocycles. The molecule has 0 fully saturated rings. The Labute approximate surface area is 40.4 Å². The Hall–Kier alpha value is -0.0400. The van der Waals surface area contributed by atoms with Crippen molar-refractivity contribution in [2.75, 3.05) is 6.58 Å². The molecule has 0 saturated heterocycles. The van der Waals surface area contributed by atoms with Crippen LogP contribution in [0.5, 0.6) is 0 Å². The SMILES string of the molecule is [2H]C([O])CCCC. The van der Waals surface area contributed by atoms with Crippen molar-refractivity contribution < 1.29 is 6.48 Å². The molecule has 0 aliphatic rings. The highest BCUT2D eigenvalue weighted by Crippen LogP contribution is 1.89. The van der Waals surface area contributed by atoms with E-state index in [2.05, 4.69) is 0 Å². The molecule has 1 radical (unpaired) electrons. The number of hydrogen-bond acceptors (Lipinski definition) is 0. The van der Waals surface area contributed by atoms with Crippen LogP contribution < -0.4 is 0 Å². The lowest BCUT2D eigenvalue weighted by Crippen LogP contribution is -1.76. The predicted octanol–water partition coefficient (Wildman–Crippen LogP) is 1.61. The zero-order chi connectivity index (χ0) is 5.70. The van der Waals surface area contributed by atoms with E-state index in [9.17, 15) is 5.11 Å². The molecule has 0 saturated carbocycles. The summed E-state index contributed by atoms with van der Waals surface area (Å²) in [5.41, 5.74) is 0. The second-order valence-corrected chi connectivity index (χ2v) is 1.31. The molecule has 0 aromatic carbocycles. The van der Waals surface area contributed by atoms with Crippen molar-refractivity contribution >= 4 is 0 Å². The van der Waals surface area contributed by atoms with E-state index in [0.29, 0.717) is 6.42 Å². The van der Waals surface area contributed by atoms with Crippen LogP contribution in [0.2, 0.25) is 0 Å². The van der Waals surface area contributed by atoms with E-state index in [4.69, 9.17) is 1.37 Å². The normalized spacial score (nSPS) is 16.7. The zero-order valence-electron chi connectivity index (χ0n) is 5.11. The van der Waals surface area contributed by atoms with E-state index in [1.165, 1.54) is 0 Å². The lowest BCUT2D eigenvalue weighted by atomic mass is 10.3. The highest BCUT2D eigenvalue weighted by atomic mass is 16.2. The molecule has 1 unspecified atom stereocenters. The molecule has 0 bridgehead atoms. The van der Waals surface area contributed by atoms with Gasteiger partial charge < -0.3 is 0 Å². The monoisotopic (exact) mass is 88.1 g/mol. The molecule has 0 rings (SSSR count). The third-order valence-electron chi connectivity index (χ3n) is 0.676. The maximum absolute atomic E-state index is 9.95. The number of rotatable bonds is 3. The van der Waals surface area contributed by atoms with E-state index < -0.39 is 6.58 Å². The van der Waals surface area contributed by atoms with Crippen LogP contribution in [-0.4, -0.2) is 6.58 Å². The first kappa shape index (κ1) is 4.13. The minimum atomic E-state index is -1.10. The van der Waals surface area contributed by atoms with Gasteiger partial charge in [-0.1, -0.05) is 19.8 Å². The highest BCUT2D eigenvalue weighted by Gasteiger charge is 1.77. The zero-order valence-corrected chi connectivity index (χ0v) is 4.11. The first-order chi connectivity index (χ1) is 3.27. The topological polar surface area (TPSA) is 19.9 Å². The first-order valence-corrected chi connectivity index (χ1v) is 2.35. The summed E-state index contributed by atoms with van der Waals surface area (Å²) in [7, 11) is 0. The number of unbranched alkanes of at least 4 members (excludes halogenated alkanes) is 1. The van der Waals surface area contributed by atoms with Gasteiger partial charge in [-0.3, -0.25) is 0 Å². The molecular weight excluding hydrogens is 76.1 g/mol. The van der Waals surface area contributed by atoms with Crippen LogP contribution >= 0.6 is 0 Å². The van der Waals surface area contributed by atoms with Gasteiger partial charge in [-0.2, -0.15) is 0 Å². The molecule has 1 atom stereocenters. The van der Waals surface area contributed by atoms with E-state index in [1.807, 2.05) is 6.92 Å². The minimum Gasteiger partial charge on any atom is -0.237 e. The lowest BCUT2D eigenvalue weighted by Gasteiger charge is -1.84. The van der Waals surface area contributed by atoms with E-state index >= 15 is 0 Å². The van der Waals surface area contributed by atoms with E-state index in [-0.39, 0.29) is 0 Å². The third-order valence-corrected chi connectivity index (χ3v) is 0.676. The van der Waals surface area contributed by atoms with E-state index in [1.54, 1.807) is 0 Å². The summed E-state index contributed by atoms with van der Waals surface area (Å²) in [5.74, 6) is 0. The van der Waals surface area contributed by atoms with Crippen molar-refractivity contribution in [1.29, 1.82) is 0 Å². The molecular formula is C5H11O. The lowest BCUT2D eigenvalue weighted by molar-refractivity contribution is 0.186.